The van der Waals surface area contributed by atoms with Crippen molar-refractivity contribution in [3.63, 3.8) is 0 Å². The SMILES string of the molecule is NCC(=O)c1cc2c(c(Cl)c1O)CCCC2. The number of halogens is 1. The third kappa shape index (κ3) is 1.81. The lowest BCUT2D eigenvalue weighted by Gasteiger charge is -2.19. The van der Waals surface area contributed by atoms with Crippen molar-refractivity contribution in [1.29, 1.82) is 0 Å². The number of carbonyl (C=O) groups excluding carboxylic acids is 1. The molecule has 3 N–H and O–H groups in total. The fourth-order valence-electron chi connectivity index (χ4n) is 2.16. The first kappa shape index (κ1) is 11.4. The number of benzene rings is 1. The van der Waals surface area contributed by atoms with E-state index >= 15 is 0 Å². The number of phenols is 1. The van der Waals surface area contributed by atoms with Crippen LogP contribution in [-0.4, -0.2) is 17.4 Å². The summed E-state index contributed by atoms with van der Waals surface area (Å²) in [6.45, 7) is -0.108. The molecule has 1 aliphatic carbocycles. The smallest absolute Gasteiger partial charge is 0.180 e. The van der Waals surface area contributed by atoms with Gasteiger partial charge in [0.15, 0.2) is 5.78 Å². The van der Waals surface area contributed by atoms with Crippen molar-refractivity contribution < 1.29 is 9.90 Å². The Morgan fingerprint density at radius 3 is 2.81 bits per heavy atom. The summed E-state index contributed by atoms with van der Waals surface area (Å²) >= 11 is 6.07. The number of phenolic OH excluding ortho intramolecular Hbond substituents is 1. The van der Waals surface area contributed by atoms with Crippen LogP contribution in [0.15, 0.2) is 6.07 Å². The maximum Gasteiger partial charge on any atom is 0.180 e. The molecule has 3 nitrogen and oxygen atoms in total. The minimum Gasteiger partial charge on any atom is -0.506 e. The van der Waals surface area contributed by atoms with Gasteiger partial charge in [0.05, 0.1) is 17.1 Å². The number of hydrogen-bond donors (Lipinski definition) is 2. The first-order valence-corrected chi connectivity index (χ1v) is 5.79. The molecule has 0 unspecified atom stereocenters. The van der Waals surface area contributed by atoms with Gasteiger partial charge < -0.3 is 10.8 Å². The number of Topliss-reactive ketones (excluding diaryl/α,β-unsaturated/α-hetero) is 1. The summed E-state index contributed by atoms with van der Waals surface area (Å²) in [7, 11) is 0. The molecule has 4 heteroatoms. The van der Waals surface area contributed by atoms with E-state index in [2.05, 4.69) is 0 Å². The van der Waals surface area contributed by atoms with Crippen LogP contribution in [0.5, 0.6) is 5.75 Å². The van der Waals surface area contributed by atoms with Crippen LogP contribution in [0.25, 0.3) is 0 Å². The second-order valence-corrected chi connectivity index (χ2v) is 4.44. The summed E-state index contributed by atoms with van der Waals surface area (Å²) in [6, 6.07) is 1.74. The average Bonchev–Trinajstić information content (AvgIpc) is 2.33. The summed E-state index contributed by atoms with van der Waals surface area (Å²) in [5, 5.41) is 10.2. The summed E-state index contributed by atoms with van der Waals surface area (Å²) in [4.78, 5) is 11.5. The van der Waals surface area contributed by atoms with Crippen molar-refractivity contribution >= 4 is 17.4 Å². The van der Waals surface area contributed by atoms with E-state index < -0.39 is 0 Å². The van der Waals surface area contributed by atoms with Gasteiger partial charge in [-0.25, -0.2) is 0 Å². The van der Waals surface area contributed by atoms with Crippen molar-refractivity contribution in [2.75, 3.05) is 6.54 Å². The van der Waals surface area contributed by atoms with Gasteiger partial charge >= 0.3 is 0 Å². The molecule has 0 saturated heterocycles. The number of ketones is 1. The summed E-state index contributed by atoms with van der Waals surface area (Å²) < 4.78 is 0. The summed E-state index contributed by atoms with van der Waals surface area (Å²) in [6.07, 6.45) is 3.97. The average molecular weight is 240 g/mol. The van der Waals surface area contributed by atoms with Crippen LogP contribution >= 0.6 is 11.6 Å². The number of aromatic hydroxyl groups is 1. The molecule has 16 heavy (non-hydrogen) atoms. The maximum absolute atomic E-state index is 11.5. The predicted octanol–water partition coefficient (Wildman–Crippen LogP) is 2.07. The number of nitrogens with two attached hydrogens (primary N) is 1. The van der Waals surface area contributed by atoms with Crippen LogP contribution in [0.3, 0.4) is 0 Å². The predicted molar refractivity (Wildman–Crippen MR) is 63.1 cm³/mol. The summed E-state index contributed by atoms with van der Waals surface area (Å²) in [5.41, 5.74) is 7.61. The number of fused-ring (bicyclic) bond motifs is 1. The third-order valence-corrected chi connectivity index (χ3v) is 3.45. The largest absolute Gasteiger partial charge is 0.506 e. The highest BCUT2D eigenvalue weighted by Crippen LogP contribution is 2.37. The van der Waals surface area contributed by atoms with Gasteiger partial charge in [-0.3, -0.25) is 4.79 Å². The molecule has 1 aromatic rings. The van der Waals surface area contributed by atoms with Crippen LogP contribution in [-0.2, 0) is 12.8 Å². The van der Waals surface area contributed by atoms with E-state index in [4.69, 9.17) is 17.3 Å². The van der Waals surface area contributed by atoms with Gasteiger partial charge in [0.2, 0.25) is 0 Å². The first-order chi connectivity index (χ1) is 7.65. The highest BCUT2D eigenvalue weighted by molar-refractivity contribution is 6.33. The van der Waals surface area contributed by atoms with Crippen molar-refractivity contribution in [3.8, 4) is 5.75 Å². The van der Waals surface area contributed by atoms with E-state index in [-0.39, 0.29) is 23.6 Å². The Hall–Kier alpha value is -1.06. The molecular weight excluding hydrogens is 226 g/mol. The molecule has 0 heterocycles. The van der Waals surface area contributed by atoms with Gasteiger partial charge in [-0.2, -0.15) is 0 Å². The minimum atomic E-state index is -0.271. The fourth-order valence-corrected chi connectivity index (χ4v) is 2.48. The van der Waals surface area contributed by atoms with Crippen molar-refractivity contribution in [3.05, 3.63) is 27.8 Å². The van der Waals surface area contributed by atoms with Gasteiger partial charge in [-0.15, -0.1) is 0 Å². The van der Waals surface area contributed by atoms with E-state index in [1.54, 1.807) is 6.07 Å². The number of rotatable bonds is 2. The van der Waals surface area contributed by atoms with E-state index in [9.17, 15) is 9.90 Å². The molecule has 0 atom stereocenters. The lowest BCUT2D eigenvalue weighted by molar-refractivity contribution is 0.0998. The molecule has 0 radical (unpaired) electrons. The minimum absolute atomic E-state index is 0.108. The third-order valence-electron chi connectivity index (χ3n) is 3.04. The van der Waals surface area contributed by atoms with Crippen LogP contribution in [0.4, 0.5) is 0 Å². The van der Waals surface area contributed by atoms with E-state index in [1.165, 1.54) is 0 Å². The Balaban J connectivity index is 2.57. The molecule has 0 bridgehead atoms. The van der Waals surface area contributed by atoms with Crippen LogP contribution in [0, 0.1) is 0 Å². The molecule has 0 spiro atoms. The molecule has 0 saturated carbocycles. The van der Waals surface area contributed by atoms with Crippen molar-refractivity contribution in [1.82, 2.24) is 0 Å². The fraction of sp³-hybridized carbons (Fsp3) is 0.417. The van der Waals surface area contributed by atoms with Gasteiger partial charge in [0.25, 0.3) is 0 Å². The zero-order chi connectivity index (χ0) is 11.7. The quantitative estimate of drug-likeness (QED) is 0.777. The molecule has 1 aromatic carbocycles. The van der Waals surface area contributed by atoms with Crippen LogP contribution < -0.4 is 5.73 Å². The second kappa shape index (κ2) is 4.44. The molecule has 86 valence electrons. The molecular formula is C12H14ClNO2. The van der Waals surface area contributed by atoms with E-state index in [1.807, 2.05) is 0 Å². The molecule has 0 aromatic heterocycles. The molecule has 2 rings (SSSR count). The van der Waals surface area contributed by atoms with Gasteiger partial charge in [0.1, 0.15) is 5.75 Å². The zero-order valence-corrected chi connectivity index (χ0v) is 9.68. The number of carbonyl (C=O) groups is 1. The topological polar surface area (TPSA) is 63.3 Å². The second-order valence-electron chi connectivity index (χ2n) is 4.06. The van der Waals surface area contributed by atoms with E-state index in [0.29, 0.717) is 5.02 Å². The standard InChI is InChI=1S/C12H14ClNO2/c13-11-8-4-2-1-3-7(8)5-9(12(11)16)10(15)6-14/h5,16H,1-4,6,14H2. The van der Waals surface area contributed by atoms with Crippen molar-refractivity contribution in [2.45, 2.75) is 25.7 Å². The number of aryl methyl sites for hydroxylation is 1. The number of hydrogen-bond acceptors (Lipinski definition) is 3. The maximum atomic E-state index is 11.5. The first-order valence-electron chi connectivity index (χ1n) is 5.41. The van der Waals surface area contributed by atoms with E-state index in [0.717, 1.165) is 36.8 Å². The highest BCUT2D eigenvalue weighted by atomic mass is 35.5. The van der Waals surface area contributed by atoms with Crippen LogP contribution in [0.2, 0.25) is 5.02 Å². The van der Waals surface area contributed by atoms with Gasteiger partial charge in [-0.05, 0) is 42.9 Å². The normalized spacial score (nSPS) is 14.6. The van der Waals surface area contributed by atoms with Crippen LogP contribution in [0.1, 0.15) is 34.3 Å². The Bertz CT molecular complexity index is 443. The molecule has 0 aliphatic heterocycles. The summed E-state index contributed by atoms with van der Waals surface area (Å²) in [5.74, 6) is -0.384. The lowest BCUT2D eigenvalue weighted by atomic mass is 9.89. The monoisotopic (exact) mass is 239 g/mol. The Kier molecular flexibility index (Phi) is 3.17. The molecule has 0 fully saturated rings. The van der Waals surface area contributed by atoms with Crippen molar-refractivity contribution in [2.24, 2.45) is 5.73 Å². The highest BCUT2D eigenvalue weighted by Gasteiger charge is 2.21. The Morgan fingerprint density at radius 1 is 1.44 bits per heavy atom. The Morgan fingerprint density at radius 2 is 2.12 bits per heavy atom. The lowest BCUT2D eigenvalue weighted by Crippen LogP contribution is -2.15. The van der Waals surface area contributed by atoms with Gasteiger partial charge in [0, 0.05) is 0 Å². The molecule has 0 amide bonds. The van der Waals surface area contributed by atoms with Gasteiger partial charge in [-0.1, -0.05) is 11.6 Å². The molecule has 1 aliphatic rings. The Labute approximate surface area is 99.2 Å². The zero-order valence-electron chi connectivity index (χ0n) is 8.92.